The van der Waals surface area contributed by atoms with Gasteiger partial charge in [0, 0.05) is 5.02 Å². The molecule has 0 aromatic heterocycles. The Morgan fingerprint density at radius 2 is 2.06 bits per heavy atom. The number of cyclic esters (lactones) is 1. The van der Waals surface area contributed by atoms with Gasteiger partial charge >= 0.3 is 5.97 Å². The number of benzene rings is 1. The first-order valence-electron chi connectivity index (χ1n) is 5.17. The largest absolute Gasteiger partial charge is 0.458 e. The van der Waals surface area contributed by atoms with E-state index in [0.717, 1.165) is 5.69 Å². The van der Waals surface area contributed by atoms with Crippen LogP contribution in [0.25, 0.3) is 0 Å². The molecular weight excluding hydrogens is 242 g/mol. The number of ether oxygens (including phenoxy) is 1. The predicted octanol–water partition coefficient (Wildman–Crippen LogP) is 1.60. The Balaban J connectivity index is 1.97. The third-order valence-electron chi connectivity index (χ3n) is 2.17. The topological polar surface area (TPSA) is 62.7 Å². The van der Waals surface area contributed by atoms with Crippen molar-refractivity contribution in [2.45, 2.75) is 13.0 Å². The molecule has 2 rings (SSSR count). The quantitative estimate of drug-likeness (QED) is 0.621. The minimum atomic E-state index is -0.454. The number of rotatable bonds is 2. The molecule has 1 aliphatic heterocycles. The zero-order chi connectivity index (χ0) is 12.3. The smallest absolute Gasteiger partial charge is 0.375 e. The second-order valence-corrected chi connectivity index (χ2v) is 4.12. The van der Waals surface area contributed by atoms with Crippen molar-refractivity contribution in [1.82, 2.24) is 5.43 Å². The van der Waals surface area contributed by atoms with E-state index in [-0.39, 0.29) is 11.9 Å². The van der Waals surface area contributed by atoms with Crippen molar-refractivity contribution in [2.24, 2.45) is 4.99 Å². The molecule has 0 saturated carbocycles. The van der Waals surface area contributed by atoms with Gasteiger partial charge in [-0.05, 0) is 31.2 Å². The summed E-state index contributed by atoms with van der Waals surface area (Å²) in [7, 11) is 0. The summed E-state index contributed by atoms with van der Waals surface area (Å²) < 4.78 is 4.92. The van der Waals surface area contributed by atoms with E-state index in [1.165, 1.54) is 0 Å². The molecule has 0 aliphatic carbocycles. The Morgan fingerprint density at radius 3 is 2.76 bits per heavy atom. The SMILES string of the molecule is C[C@H]1COC(=O)C(NNc2ccc(Cl)cc2)=N1. The van der Waals surface area contributed by atoms with Gasteiger partial charge in [-0.1, -0.05) is 11.6 Å². The lowest BCUT2D eigenvalue weighted by molar-refractivity contribution is -0.137. The monoisotopic (exact) mass is 253 g/mol. The highest BCUT2D eigenvalue weighted by Gasteiger charge is 2.20. The molecule has 1 aromatic carbocycles. The minimum Gasteiger partial charge on any atom is -0.458 e. The molecule has 6 heteroatoms. The zero-order valence-electron chi connectivity index (χ0n) is 9.24. The van der Waals surface area contributed by atoms with Crippen LogP contribution in [0.5, 0.6) is 0 Å². The molecule has 0 saturated heterocycles. The number of halogens is 1. The van der Waals surface area contributed by atoms with Crippen LogP contribution in [0.4, 0.5) is 5.69 Å². The van der Waals surface area contributed by atoms with Crippen LogP contribution < -0.4 is 10.9 Å². The maximum atomic E-state index is 11.3. The molecular formula is C11H12ClN3O2. The summed E-state index contributed by atoms with van der Waals surface area (Å²) in [6.07, 6.45) is 0. The molecule has 2 N–H and O–H groups in total. The van der Waals surface area contributed by atoms with Gasteiger partial charge in [0.15, 0.2) is 0 Å². The van der Waals surface area contributed by atoms with Crippen LogP contribution in [0, 0.1) is 0 Å². The molecule has 1 atom stereocenters. The summed E-state index contributed by atoms with van der Waals surface area (Å²) in [6, 6.07) is 7.04. The lowest BCUT2D eigenvalue weighted by Crippen LogP contribution is -2.41. The third kappa shape index (κ3) is 3.10. The van der Waals surface area contributed by atoms with Crippen LogP contribution in [0.15, 0.2) is 29.3 Å². The van der Waals surface area contributed by atoms with E-state index in [1.54, 1.807) is 24.3 Å². The van der Waals surface area contributed by atoms with E-state index in [4.69, 9.17) is 16.3 Å². The highest BCUT2D eigenvalue weighted by atomic mass is 35.5. The van der Waals surface area contributed by atoms with Gasteiger partial charge in [0.05, 0.1) is 11.7 Å². The van der Waals surface area contributed by atoms with Crippen molar-refractivity contribution in [3.8, 4) is 0 Å². The molecule has 1 aromatic rings. The van der Waals surface area contributed by atoms with Crippen LogP contribution >= 0.6 is 11.6 Å². The fourth-order valence-corrected chi connectivity index (χ4v) is 1.45. The van der Waals surface area contributed by atoms with Gasteiger partial charge in [-0.15, -0.1) is 0 Å². The van der Waals surface area contributed by atoms with Crippen molar-refractivity contribution in [1.29, 1.82) is 0 Å². The molecule has 0 unspecified atom stereocenters. The zero-order valence-corrected chi connectivity index (χ0v) is 9.99. The Hall–Kier alpha value is -1.75. The van der Waals surface area contributed by atoms with Crippen molar-refractivity contribution >= 4 is 29.1 Å². The van der Waals surface area contributed by atoms with Crippen LogP contribution in [0.2, 0.25) is 5.02 Å². The summed E-state index contributed by atoms with van der Waals surface area (Å²) in [4.78, 5) is 15.5. The van der Waals surface area contributed by atoms with E-state index in [0.29, 0.717) is 11.6 Å². The second kappa shape index (κ2) is 5.05. The second-order valence-electron chi connectivity index (χ2n) is 3.68. The highest BCUT2D eigenvalue weighted by Crippen LogP contribution is 2.12. The predicted molar refractivity (Wildman–Crippen MR) is 66.1 cm³/mol. The first-order valence-corrected chi connectivity index (χ1v) is 5.55. The van der Waals surface area contributed by atoms with E-state index in [2.05, 4.69) is 15.8 Å². The van der Waals surface area contributed by atoms with Gasteiger partial charge in [-0.2, -0.15) is 0 Å². The van der Waals surface area contributed by atoms with Crippen LogP contribution in [-0.2, 0) is 9.53 Å². The van der Waals surface area contributed by atoms with Crippen molar-refractivity contribution in [3.05, 3.63) is 29.3 Å². The number of anilines is 1. The first kappa shape index (κ1) is 11.7. The van der Waals surface area contributed by atoms with E-state index in [9.17, 15) is 4.79 Å². The summed E-state index contributed by atoms with van der Waals surface area (Å²) >= 11 is 5.76. The molecule has 0 bridgehead atoms. The molecule has 17 heavy (non-hydrogen) atoms. The number of nitrogens with zero attached hydrogens (tertiary/aromatic N) is 1. The van der Waals surface area contributed by atoms with Crippen LogP contribution in [0.1, 0.15) is 6.92 Å². The first-order chi connectivity index (χ1) is 8.15. The van der Waals surface area contributed by atoms with Gasteiger partial charge in [0.2, 0.25) is 5.84 Å². The number of hydrogen-bond acceptors (Lipinski definition) is 5. The van der Waals surface area contributed by atoms with E-state index in [1.807, 2.05) is 6.92 Å². The number of aliphatic imine (C=N–C) groups is 1. The number of hydrogen-bond donors (Lipinski definition) is 2. The Bertz CT molecular complexity index is 445. The van der Waals surface area contributed by atoms with Crippen molar-refractivity contribution in [2.75, 3.05) is 12.0 Å². The minimum absolute atomic E-state index is 0.0257. The molecule has 1 aliphatic rings. The molecule has 1 heterocycles. The maximum absolute atomic E-state index is 11.3. The Kier molecular flexibility index (Phi) is 3.49. The molecule has 5 nitrogen and oxygen atoms in total. The molecule has 0 fully saturated rings. The average molecular weight is 254 g/mol. The van der Waals surface area contributed by atoms with Gasteiger partial charge in [0.1, 0.15) is 6.61 Å². The fraction of sp³-hybridized carbons (Fsp3) is 0.273. The number of carbonyl (C=O) groups is 1. The summed E-state index contributed by atoms with van der Waals surface area (Å²) in [5.74, 6) is -0.275. The van der Waals surface area contributed by atoms with E-state index >= 15 is 0 Å². The van der Waals surface area contributed by atoms with Gasteiger partial charge < -0.3 is 4.74 Å². The summed E-state index contributed by atoms with van der Waals surface area (Å²) in [5, 5.41) is 0.651. The lowest BCUT2D eigenvalue weighted by atomic mass is 10.3. The highest BCUT2D eigenvalue weighted by molar-refractivity contribution is 6.36. The molecule has 0 spiro atoms. The maximum Gasteiger partial charge on any atom is 0.375 e. The number of amidine groups is 1. The third-order valence-corrected chi connectivity index (χ3v) is 2.42. The number of carbonyl (C=O) groups excluding carboxylic acids is 1. The van der Waals surface area contributed by atoms with E-state index < -0.39 is 5.97 Å². The fourth-order valence-electron chi connectivity index (χ4n) is 1.32. The normalized spacial score (nSPS) is 19.3. The standard InChI is InChI=1S/C11H12ClN3O2/c1-7-6-17-11(16)10(13-7)15-14-9-4-2-8(12)3-5-9/h2-5,7,14H,6H2,1H3,(H,13,15)/t7-/m0/s1. The molecule has 90 valence electrons. The Labute approximate surface area is 104 Å². The number of hydrazine groups is 1. The average Bonchev–Trinajstić information content (AvgIpc) is 2.32. The lowest BCUT2D eigenvalue weighted by Gasteiger charge is -2.18. The summed E-state index contributed by atoms with van der Waals surface area (Å²) in [6.45, 7) is 2.20. The van der Waals surface area contributed by atoms with Crippen LogP contribution in [-0.4, -0.2) is 24.5 Å². The van der Waals surface area contributed by atoms with Crippen LogP contribution in [0.3, 0.4) is 0 Å². The van der Waals surface area contributed by atoms with Gasteiger partial charge in [0.25, 0.3) is 0 Å². The van der Waals surface area contributed by atoms with Crippen molar-refractivity contribution in [3.63, 3.8) is 0 Å². The summed E-state index contributed by atoms with van der Waals surface area (Å²) in [5.41, 5.74) is 6.35. The van der Waals surface area contributed by atoms with Crippen molar-refractivity contribution < 1.29 is 9.53 Å². The van der Waals surface area contributed by atoms with Gasteiger partial charge in [-0.25, -0.2) is 4.79 Å². The Morgan fingerprint density at radius 1 is 1.35 bits per heavy atom. The number of nitrogens with one attached hydrogen (secondary N) is 2. The molecule has 0 radical (unpaired) electrons. The molecule has 0 amide bonds. The van der Waals surface area contributed by atoms with Gasteiger partial charge in [-0.3, -0.25) is 15.8 Å². The number of esters is 1.